The van der Waals surface area contributed by atoms with Gasteiger partial charge in [0.05, 0.1) is 13.1 Å². The summed E-state index contributed by atoms with van der Waals surface area (Å²) in [6, 6.07) is 3.70. The highest BCUT2D eigenvalue weighted by atomic mass is 79.9. The minimum Gasteiger partial charge on any atom is -0.267 e. The van der Waals surface area contributed by atoms with Gasteiger partial charge in [-0.25, -0.2) is 8.42 Å². The first kappa shape index (κ1) is 20.5. The number of hydrogen-bond acceptors (Lipinski definition) is 5. The summed E-state index contributed by atoms with van der Waals surface area (Å²) < 4.78 is 27.8. The molecule has 1 amide bonds. The third-order valence-corrected chi connectivity index (χ3v) is 10.5. The third-order valence-electron chi connectivity index (χ3n) is 4.56. The molecular formula is C17H19Br2NO3S3. The molecule has 9 heteroatoms. The van der Waals surface area contributed by atoms with Gasteiger partial charge in [0.1, 0.15) is 9.90 Å². The Kier molecular flexibility index (Phi) is 6.33. The van der Waals surface area contributed by atoms with E-state index in [1.165, 1.54) is 41.9 Å². The number of thiophene rings is 2. The molecular weight excluding hydrogens is 522 g/mol. The summed E-state index contributed by atoms with van der Waals surface area (Å²) in [4.78, 5) is 14.0. The highest BCUT2D eigenvalue weighted by Gasteiger charge is 2.47. The summed E-state index contributed by atoms with van der Waals surface area (Å²) >= 11 is 9.19. The van der Waals surface area contributed by atoms with E-state index in [1.807, 2.05) is 6.07 Å². The lowest BCUT2D eigenvalue weighted by molar-refractivity contribution is 0.101. The molecule has 2 aromatic heterocycles. The van der Waals surface area contributed by atoms with Crippen LogP contribution in [0.1, 0.15) is 54.8 Å². The average molecular weight is 541 g/mol. The second kappa shape index (κ2) is 8.03. The molecule has 142 valence electrons. The number of sulfonamides is 1. The molecule has 4 nitrogen and oxygen atoms in total. The van der Waals surface area contributed by atoms with Crippen molar-refractivity contribution in [2.75, 3.05) is 4.31 Å². The molecule has 0 spiro atoms. The Morgan fingerprint density at radius 1 is 1.15 bits per heavy atom. The van der Waals surface area contributed by atoms with Gasteiger partial charge in [-0.15, -0.1) is 22.7 Å². The summed E-state index contributed by atoms with van der Waals surface area (Å²) in [7, 11) is -3.87. The number of anilines is 1. The smallest absolute Gasteiger partial charge is 0.267 e. The van der Waals surface area contributed by atoms with Crippen molar-refractivity contribution in [3.8, 4) is 0 Å². The van der Waals surface area contributed by atoms with Crippen LogP contribution >= 0.6 is 54.5 Å². The Labute approximate surface area is 178 Å². The molecule has 1 atom stereocenters. The molecule has 0 aromatic carbocycles. The van der Waals surface area contributed by atoms with E-state index in [2.05, 4.69) is 45.7 Å². The zero-order valence-corrected chi connectivity index (χ0v) is 20.0. The molecule has 1 aliphatic heterocycles. The van der Waals surface area contributed by atoms with E-state index in [0.29, 0.717) is 18.5 Å². The van der Waals surface area contributed by atoms with Gasteiger partial charge in [-0.05, 0) is 56.3 Å². The van der Waals surface area contributed by atoms with Crippen molar-refractivity contribution < 1.29 is 13.2 Å². The van der Waals surface area contributed by atoms with Crippen molar-refractivity contribution in [2.45, 2.75) is 50.8 Å². The number of halogens is 2. The van der Waals surface area contributed by atoms with Crippen molar-refractivity contribution in [1.29, 1.82) is 0 Å². The fraction of sp³-hybridized carbons (Fsp3) is 0.471. The third kappa shape index (κ3) is 3.57. The van der Waals surface area contributed by atoms with Crippen molar-refractivity contribution in [3.63, 3.8) is 0 Å². The number of fused-ring (bicyclic) bond motifs is 1. The van der Waals surface area contributed by atoms with Gasteiger partial charge in [-0.3, -0.25) is 4.79 Å². The van der Waals surface area contributed by atoms with E-state index in [4.69, 9.17) is 0 Å². The van der Waals surface area contributed by atoms with E-state index < -0.39 is 15.9 Å². The van der Waals surface area contributed by atoms with Crippen molar-refractivity contribution in [1.82, 2.24) is 0 Å². The fourth-order valence-corrected chi connectivity index (χ4v) is 10.1. The molecule has 3 rings (SSSR count). The van der Waals surface area contributed by atoms with E-state index >= 15 is 0 Å². The van der Waals surface area contributed by atoms with Crippen LogP contribution in [0.15, 0.2) is 24.6 Å². The second-order valence-corrected chi connectivity index (χ2v) is 12.8. The first-order valence-corrected chi connectivity index (χ1v) is 13.1. The first-order chi connectivity index (χ1) is 12.3. The Bertz CT molecular complexity index is 933. The highest BCUT2D eigenvalue weighted by Crippen LogP contribution is 2.48. The maximum Gasteiger partial charge on any atom is 0.276 e. The minimum atomic E-state index is -3.87. The van der Waals surface area contributed by atoms with Crippen LogP contribution < -0.4 is 4.31 Å². The molecule has 2 aromatic rings. The lowest BCUT2D eigenvalue weighted by Gasteiger charge is -2.14. The Balaban J connectivity index is 1.88. The zero-order chi connectivity index (χ0) is 19.1. The van der Waals surface area contributed by atoms with Crippen LogP contribution in [-0.4, -0.2) is 14.3 Å². The Hall–Kier alpha value is -0.220. The zero-order valence-electron chi connectivity index (χ0n) is 14.4. The summed E-state index contributed by atoms with van der Waals surface area (Å²) in [6.45, 7) is 4.38. The second-order valence-electron chi connectivity index (χ2n) is 6.29. The minimum absolute atomic E-state index is 0.0729. The monoisotopic (exact) mass is 539 g/mol. The van der Waals surface area contributed by atoms with E-state index in [9.17, 15) is 13.2 Å². The van der Waals surface area contributed by atoms with Gasteiger partial charge >= 0.3 is 0 Å². The summed E-state index contributed by atoms with van der Waals surface area (Å²) in [6.07, 6.45) is 5.59. The number of carbonyl (C=O) groups excluding carboxylic acids is 1. The number of amides is 1. The van der Waals surface area contributed by atoms with Gasteiger partial charge in [0.15, 0.2) is 0 Å². The van der Waals surface area contributed by atoms with E-state index in [0.717, 1.165) is 22.0 Å². The molecule has 0 saturated heterocycles. The Morgan fingerprint density at radius 3 is 2.50 bits per heavy atom. The SMILES string of the molecule is CCCCC(CC)Cc1ccc(N2C(=O)c3c(Br)sc(Br)c3S2(=O)=O)s1. The number of rotatable bonds is 7. The van der Waals surface area contributed by atoms with Crippen LogP contribution in [0.4, 0.5) is 5.00 Å². The first-order valence-electron chi connectivity index (χ1n) is 8.47. The van der Waals surface area contributed by atoms with E-state index in [-0.39, 0.29) is 10.5 Å². The number of unbranched alkanes of at least 4 members (excludes halogenated alkanes) is 1. The van der Waals surface area contributed by atoms with Crippen molar-refractivity contribution >= 4 is 75.5 Å². The molecule has 1 aliphatic rings. The summed E-state index contributed by atoms with van der Waals surface area (Å²) in [5, 5.41) is 0.468. The molecule has 3 heterocycles. The molecule has 0 aliphatic carbocycles. The lowest BCUT2D eigenvalue weighted by Crippen LogP contribution is -2.29. The van der Waals surface area contributed by atoms with Gasteiger partial charge in [0, 0.05) is 4.88 Å². The van der Waals surface area contributed by atoms with Gasteiger partial charge in [0.2, 0.25) is 0 Å². The molecule has 0 N–H and O–H groups in total. The van der Waals surface area contributed by atoms with Crippen molar-refractivity contribution in [3.05, 3.63) is 30.1 Å². The number of carbonyl (C=O) groups is 1. The maximum atomic E-state index is 12.9. The van der Waals surface area contributed by atoms with Crippen LogP contribution in [0.5, 0.6) is 0 Å². The maximum absolute atomic E-state index is 12.9. The standard InChI is InChI=1S/C17H19Br2NO3S3/c1-3-5-6-10(4-2)9-11-7-8-12(24-11)20-17(21)13-14(26(20,22)23)16(19)25-15(13)18/h7-8,10H,3-6,9H2,1-2H3. The van der Waals surface area contributed by atoms with Gasteiger partial charge in [-0.2, -0.15) is 4.31 Å². The number of nitrogens with zero attached hydrogens (tertiary/aromatic N) is 1. The predicted molar refractivity (Wildman–Crippen MR) is 115 cm³/mol. The highest BCUT2D eigenvalue weighted by molar-refractivity contribution is 9.12. The lowest BCUT2D eigenvalue weighted by atomic mass is 9.95. The molecule has 0 saturated carbocycles. The van der Waals surface area contributed by atoms with E-state index in [1.54, 1.807) is 6.07 Å². The molecule has 0 fully saturated rings. The van der Waals surface area contributed by atoms with Gasteiger partial charge in [0.25, 0.3) is 15.9 Å². The summed E-state index contributed by atoms with van der Waals surface area (Å²) in [5.41, 5.74) is 0.228. The normalized spacial score (nSPS) is 16.9. The van der Waals surface area contributed by atoms with Gasteiger partial charge in [-0.1, -0.05) is 39.5 Å². The quantitative estimate of drug-likeness (QED) is 0.406. The summed E-state index contributed by atoms with van der Waals surface area (Å²) in [5.74, 6) is 0.108. The Morgan fingerprint density at radius 2 is 1.88 bits per heavy atom. The van der Waals surface area contributed by atoms with Crippen LogP contribution in [0.2, 0.25) is 0 Å². The fourth-order valence-electron chi connectivity index (χ4n) is 3.11. The van der Waals surface area contributed by atoms with Crippen LogP contribution in [0.3, 0.4) is 0 Å². The molecule has 0 bridgehead atoms. The molecule has 26 heavy (non-hydrogen) atoms. The van der Waals surface area contributed by atoms with Crippen LogP contribution in [0, 0.1) is 5.92 Å². The number of hydrogen-bond donors (Lipinski definition) is 0. The average Bonchev–Trinajstić information content (AvgIpc) is 3.20. The molecule has 1 unspecified atom stereocenters. The van der Waals surface area contributed by atoms with Crippen LogP contribution in [0.25, 0.3) is 0 Å². The van der Waals surface area contributed by atoms with Crippen LogP contribution in [-0.2, 0) is 16.4 Å². The van der Waals surface area contributed by atoms with Gasteiger partial charge < -0.3 is 0 Å². The predicted octanol–water partition coefficient (Wildman–Crippen LogP) is 6.44. The van der Waals surface area contributed by atoms with Crippen molar-refractivity contribution in [2.24, 2.45) is 5.92 Å². The molecule has 0 radical (unpaired) electrons. The largest absolute Gasteiger partial charge is 0.276 e. The topological polar surface area (TPSA) is 54.5 Å².